The van der Waals surface area contributed by atoms with Crippen LogP contribution in [0.15, 0.2) is 18.2 Å². The van der Waals surface area contributed by atoms with Crippen LogP contribution in [-0.2, 0) is 6.54 Å². The molecule has 0 saturated heterocycles. The minimum Gasteiger partial charge on any atom is -0.508 e. The van der Waals surface area contributed by atoms with Crippen LogP contribution in [0.2, 0.25) is 5.02 Å². The fraction of sp³-hybridized carbons (Fsp3) is 0.600. The predicted molar refractivity (Wildman–Crippen MR) is 78.1 cm³/mol. The first-order chi connectivity index (χ1) is 8.60. The summed E-state index contributed by atoms with van der Waals surface area (Å²) < 4.78 is 0. The molecular weight excluding hydrogens is 246 g/mol. The third kappa shape index (κ3) is 4.51. The molecule has 0 atom stereocenters. The van der Waals surface area contributed by atoms with Crippen LogP contribution in [0.5, 0.6) is 5.75 Å². The first kappa shape index (κ1) is 15.3. The molecule has 0 radical (unpaired) electrons. The van der Waals surface area contributed by atoms with Crippen molar-refractivity contribution >= 4 is 11.6 Å². The van der Waals surface area contributed by atoms with Crippen molar-refractivity contribution in [2.75, 3.05) is 13.1 Å². The summed E-state index contributed by atoms with van der Waals surface area (Å²) in [4.78, 5) is 2.36. The van der Waals surface area contributed by atoms with Crippen molar-refractivity contribution in [1.29, 1.82) is 0 Å². The fourth-order valence-corrected chi connectivity index (χ4v) is 2.33. The van der Waals surface area contributed by atoms with Crippen LogP contribution in [0.3, 0.4) is 0 Å². The molecule has 0 saturated carbocycles. The fourth-order valence-electron chi connectivity index (χ4n) is 2.14. The molecule has 0 aromatic heterocycles. The van der Waals surface area contributed by atoms with E-state index in [2.05, 4.69) is 25.7 Å². The molecule has 0 aliphatic rings. The number of benzene rings is 1. The standard InChI is InChI=1S/C15H24ClNO/c1-4-12(5-2)10-17(6-3)11-13-9-14(16)7-8-15(13)18/h7-9,12,18H,4-6,10-11H2,1-3H3. The normalized spacial score (nSPS) is 11.4. The van der Waals surface area contributed by atoms with Crippen molar-refractivity contribution in [3.63, 3.8) is 0 Å². The highest BCUT2D eigenvalue weighted by Gasteiger charge is 2.12. The Hall–Kier alpha value is -0.730. The predicted octanol–water partition coefficient (Wildman–Crippen LogP) is 4.30. The van der Waals surface area contributed by atoms with E-state index in [1.807, 2.05) is 6.07 Å². The topological polar surface area (TPSA) is 23.5 Å². The Kier molecular flexibility index (Phi) is 6.51. The molecule has 0 spiro atoms. The van der Waals surface area contributed by atoms with Gasteiger partial charge in [0.2, 0.25) is 0 Å². The van der Waals surface area contributed by atoms with Crippen LogP contribution in [0.1, 0.15) is 39.2 Å². The van der Waals surface area contributed by atoms with Gasteiger partial charge >= 0.3 is 0 Å². The van der Waals surface area contributed by atoms with E-state index in [0.717, 1.165) is 31.1 Å². The minimum absolute atomic E-state index is 0.336. The molecule has 1 N–H and O–H groups in total. The van der Waals surface area contributed by atoms with Crippen LogP contribution in [-0.4, -0.2) is 23.1 Å². The van der Waals surface area contributed by atoms with Gasteiger partial charge in [0.05, 0.1) is 0 Å². The molecule has 0 amide bonds. The van der Waals surface area contributed by atoms with Gasteiger partial charge < -0.3 is 5.11 Å². The van der Waals surface area contributed by atoms with Crippen molar-refractivity contribution in [3.05, 3.63) is 28.8 Å². The highest BCUT2D eigenvalue weighted by molar-refractivity contribution is 6.30. The van der Waals surface area contributed by atoms with Crippen LogP contribution in [0.25, 0.3) is 0 Å². The lowest BCUT2D eigenvalue weighted by Gasteiger charge is -2.25. The number of phenols is 1. The van der Waals surface area contributed by atoms with Crippen LogP contribution < -0.4 is 0 Å². The summed E-state index contributed by atoms with van der Waals surface area (Å²) in [6.07, 6.45) is 2.41. The zero-order chi connectivity index (χ0) is 13.5. The SMILES string of the molecule is CCC(CC)CN(CC)Cc1cc(Cl)ccc1O. The maximum atomic E-state index is 9.84. The zero-order valence-corrected chi connectivity index (χ0v) is 12.4. The van der Waals surface area contributed by atoms with E-state index >= 15 is 0 Å². The highest BCUT2D eigenvalue weighted by atomic mass is 35.5. The summed E-state index contributed by atoms with van der Waals surface area (Å²) in [7, 11) is 0. The van der Waals surface area contributed by atoms with E-state index in [0.29, 0.717) is 10.8 Å². The molecule has 2 nitrogen and oxygen atoms in total. The first-order valence-corrected chi connectivity index (χ1v) is 7.18. The van der Waals surface area contributed by atoms with E-state index < -0.39 is 0 Å². The van der Waals surface area contributed by atoms with Gasteiger partial charge in [0.15, 0.2) is 0 Å². The van der Waals surface area contributed by atoms with Gasteiger partial charge in [0.1, 0.15) is 5.75 Å². The van der Waals surface area contributed by atoms with Gasteiger partial charge in [-0.05, 0) is 30.7 Å². The average Bonchev–Trinajstić information content (AvgIpc) is 2.38. The second-order valence-corrected chi connectivity index (χ2v) is 5.22. The molecule has 0 unspecified atom stereocenters. The first-order valence-electron chi connectivity index (χ1n) is 6.80. The van der Waals surface area contributed by atoms with Gasteiger partial charge in [-0.25, -0.2) is 0 Å². The molecule has 1 aromatic rings. The number of rotatable bonds is 7. The van der Waals surface area contributed by atoms with Gasteiger partial charge in [0, 0.05) is 23.7 Å². The molecule has 0 heterocycles. The number of aromatic hydroxyl groups is 1. The molecule has 3 heteroatoms. The molecule has 1 aromatic carbocycles. The number of halogens is 1. The zero-order valence-electron chi connectivity index (χ0n) is 11.6. The van der Waals surface area contributed by atoms with Gasteiger partial charge in [-0.1, -0.05) is 45.2 Å². The summed E-state index contributed by atoms with van der Waals surface area (Å²) in [5, 5.41) is 10.5. The maximum absolute atomic E-state index is 9.84. The van der Waals surface area contributed by atoms with Crippen LogP contribution in [0.4, 0.5) is 0 Å². The van der Waals surface area contributed by atoms with Gasteiger partial charge in [-0.3, -0.25) is 4.90 Å². The van der Waals surface area contributed by atoms with Crippen molar-refractivity contribution < 1.29 is 5.11 Å². The monoisotopic (exact) mass is 269 g/mol. The molecule has 0 bridgehead atoms. The van der Waals surface area contributed by atoms with E-state index in [9.17, 15) is 5.11 Å². The van der Waals surface area contributed by atoms with E-state index in [1.54, 1.807) is 12.1 Å². The average molecular weight is 270 g/mol. The quantitative estimate of drug-likeness (QED) is 0.798. The molecule has 0 aliphatic carbocycles. The third-order valence-corrected chi connectivity index (χ3v) is 3.79. The Morgan fingerprint density at radius 2 is 1.89 bits per heavy atom. The van der Waals surface area contributed by atoms with Crippen molar-refractivity contribution in [3.8, 4) is 5.75 Å². The van der Waals surface area contributed by atoms with Crippen molar-refractivity contribution in [2.24, 2.45) is 5.92 Å². The van der Waals surface area contributed by atoms with Gasteiger partial charge in [-0.15, -0.1) is 0 Å². The van der Waals surface area contributed by atoms with Crippen molar-refractivity contribution in [1.82, 2.24) is 4.90 Å². The second-order valence-electron chi connectivity index (χ2n) is 4.78. The number of hydrogen-bond acceptors (Lipinski definition) is 2. The molecule has 102 valence electrons. The summed E-state index contributed by atoms with van der Waals surface area (Å²) in [6.45, 7) is 9.46. The Bertz CT molecular complexity index is 364. The Morgan fingerprint density at radius 1 is 1.22 bits per heavy atom. The number of nitrogens with zero attached hydrogens (tertiary/aromatic N) is 1. The number of phenolic OH excluding ortho intramolecular Hbond substituents is 1. The smallest absolute Gasteiger partial charge is 0.120 e. The van der Waals surface area contributed by atoms with E-state index in [1.165, 1.54) is 12.8 Å². The van der Waals surface area contributed by atoms with Crippen LogP contribution in [0, 0.1) is 5.92 Å². The molecule has 0 fully saturated rings. The summed E-state index contributed by atoms with van der Waals surface area (Å²) in [6, 6.07) is 5.24. The minimum atomic E-state index is 0.336. The lowest BCUT2D eigenvalue weighted by Crippen LogP contribution is -2.28. The Morgan fingerprint density at radius 3 is 2.44 bits per heavy atom. The Labute approximate surface area is 116 Å². The highest BCUT2D eigenvalue weighted by Crippen LogP contribution is 2.23. The lowest BCUT2D eigenvalue weighted by molar-refractivity contribution is 0.224. The van der Waals surface area contributed by atoms with Crippen molar-refractivity contribution in [2.45, 2.75) is 40.2 Å². The largest absolute Gasteiger partial charge is 0.508 e. The molecule has 1 rings (SSSR count). The number of hydrogen-bond donors (Lipinski definition) is 1. The second kappa shape index (κ2) is 7.65. The van der Waals surface area contributed by atoms with Crippen LogP contribution >= 0.6 is 11.6 Å². The van der Waals surface area contributed by atoms with E-state index in [-0.39, 0.29) is 0 Å². The molecule has 0 aliphatic heterocycles. The summed E-state index contributed by atoms with van der Waals surface area (Å²) in [5.41, 5.74) is 0.912. The molecular formula is C15H24ClNO. The summed E-state index contributed by atoms with van der Waals surface area (Å²) in [5.74, 6) is 1.06. The summed E-state index contributed by atoms with van der Waals surface area (Å²) >= 11 is 5.97. The Balaban J connectivity index is 2.70. The van der Waals surface area contributed by atoms with E-state index in [4.69, 9.17) is 11.6 Å². The maximum Gasteiger partial charge on any atom is 0.120 e. The molecule has 18 heavy (non-hydrogen) atoms. The third-order valence-electron chi connectivity index (χ3n) is 3.55. The van der Waals surface area contributed by atoms with Gasteiger partial charge in [-0.2, -0.15) is 0 Å². The van der Waals surface area contributed by atoms with Gasteiger partial charge in [0.25, 0.3) is 0 Å². The lowest BCUT2D eigenvalue weighted by atomic mass is 10.0.